The molecule has 3 N–H and O–H groups in total. The Hall–Kier alpha value is -1.85. The Morgan fingerprint density at radius 1 is 1.33 bits per heavy atom. The Balaban J connectivity index is 2.21. The van der Waals surface area contributed by atoms with Crippen molar-refractivity contribution in [2.24, 2.45) is 16.8 Å². The van der Waals surface area contributed by atoms with Gasteiger partial charge in [-0.2, -0.15) is 5.10 Å². The maximum Gasteiger partial charge on any atom is 0.244 e. The Morgan fingerprint density at radius 3 is 2.62 bits per heavy atom. The first-order valence-corrected chi connectivity index (χ1v) is 7.70. The molecule has 0 saturated heterocycles. The van der Waals surface area contributed by atoms with Crippen LogP contribution >= 0.6 is 0 Å². The molecule has 116 valence electrons. The number of nitrogens with zero attached hydrogens (tertiary/aromatic N) is 3. The highest BCUT2D eigenvalue weighted by Gasteiger charge is 2.21. The summed E-state index contributed by atoms with van der Waals surface area (Å²) in [7, 11) is 0. The normalized spacial score (nSPS) is 15.8. The molecule has 0 unspecified atom stereocenters. The second kappa shape index (κ2) is 7.24. The lowest BCUT2D eigenvalue weighted by Gasteiger charge is -2.25. The largest absolute Gasteiger partial charge is 0.476 e. The molecule has 1 aliphatic rings. The highest BCUT2D eigenvalue weighted by atomic mass is 16.5. The standard InChI is InChI=1S/C15H24N4O2/c1-3-11-12(4-2)17-18-15(13(11)14(16)19-20)21-9-8-10-6-5-7-10/h10,20H,3-9H2,1-2H3,(H2,16,19). The van der Waals surface area contributed by atoms with Gasteiger partial charge in [0.15, 0.2) is 5.84 Å². The fourth-order valence-corrected chi connectivity index (χ4v) is 2.67. The van der Waals surface area contributed by atoms with Crippen molar-refractivity contribution in [3.05, 3.63) is 16.8 Å². The Labute approximate surface area is 125 Å². The predicted molar refractivity (Wildman–Crippen MR) is 80.8 cm³/mol. The lowest BCUT2D eigenvalue weighted by molar-refractivity contribution is 0.215. The van der Waals surface area contributed by atoms with Gasteiger partial charge in [0.25, 0.3) is 0 Å². The van der Waals surface area contributed by atoms with Crippen molar-refractivity contribution >= 4 is 5.84 Å². The molecule has 0 aliphatic heterocycles. The Bertz CT molecular complexity index is 513. The van der Waals surface area contributed by atoms with Crippen LogP contribution in [0.4, 0.5) is 0 Å². The van der Waals surface area contributed by atoms with E-state index in [-0.39, 0.29) is 5.84 Å². The van der Waals surface area contributed by atoms with E-state index in [4.69, 9.17) is 15.7 Å². The van der Waals surface area contributed by atoms with E-state index >= 15 is 0 Å². The summed E-state index contributed by atoms with van der Waals surface area (Å²) in [5.74, 6) is 1.18. The number of aryl methyl sites for hydroxylation is 1. The second-order valence-electron chi connectivity index (χ2n) is 5.43. The van der Waals surface area contributed by atoms with Crippen LogP contribution in [-0.4, -0.2) is 27.8 Å². The van der Waals surface area contributed by atoms with Crippen LogP contribution in [0.1, 0.15) is 56.4 Å². The minimum Gasteiger partial charge on any atom is -0.476 e. The van der Waals surface area contributed by atoms with Crippen molar-refractivity contribution in [2.45, 2.75) is 52.4 Å². The third kappa shape index (κ3) is 3.43. The van der Waals surface area contributed by atoms with E-state index in [1.54, 1.807) is 0 Å². The monoisotopic (exact) mass is 292 g/mol. The maximum atomic E-state index is 9.02. The van der Waals surface area contributed by atoms with Gasteiger partial charge in [0, 0.05) is 0 Å². The minimum absolute atomic E-state index is 0.0371. The molecule has 0 atom stereocenters. The number of hydrogen-bond acceptors (Lipinski definition) is 5. The first-order valence-electron chi connectivity index (χ1n) is 7.70. The number of rotatable bonds is 7. The van der Waals surface area contributed by atoms with Crippen LogP contribution in [-0.2, 0) is 12.8 Å². The van der Waals surface area contributed by atoms with E-state index in [0.717, 1.165) is 36.4 Å². The first-order chi connectivity index (χ1) is 10.2. The van der Waals surface area contributed by atoms with E-state index in [0.29, 0.717) is 18.1 Å². The first kappa shape index (κ1) is 15.5. The highest BCUT2D eigenvalue weighted by molar-refractivity contribution is 6.00. The molecule has 0 radical (unpaired) electrons. The summed E-state index contributed by atoms with van der Waals surface area (Å²) in [4.78, 5) is 0. The minimum atomic E-state index is 0.0371. The number of ether oxygens (including phenoxy) is 1. The second-order valence-corrected chi connectivity index (χ2v) is 5.43. The molecule has 6 nitrogen and oxygen atoms in total. The van der Waals surface area contributed by atoms with Gasteiger partial charge in [-0.05, 0) is 30.7 Å². The van der Waals surface area contributed by atoms with Crippen molar-refractivity contribution in [2.75, 3.05) is 6.61 Å². The van der Waals surface area contributed by atoms with Gasteiger partial charge in [-0.1, -0.05) is 38.3 Å². The number of nitrogens with two attached hydrogens (primary N) is 1. The quantitative estimate of drug-likeness (QED) is 0.348. The Kier molecular flexibility index (Phi) is 5.36. The van der Waals surface area contributed by atoms with E-state index in [1.165, 1.54) is 19.3 Å². The summed E-state index contributed by atoms with van der Waals surface area (Å²) in [6.07, 6.45) is 6.42. The van der Waals surface area contributed by atoms with Crippen molar-refractivity contribution in [1.29, 1.82) is 0 Å². The molecule has 0 aromatic carbocycles. The average molecular weight is 292 g/mol. The molecule has 6 heteroatoms. The summed E-state index contributed by atoms with van der Waals surface area (Å²) in [5, 5.41) is 20.5. The summed E-state index contributed by atoms with van der Waals surface area (Å²) >= 11 is 0. The lowest BCUT2D eigenvalue weighted by Crippen LogP contribution is -2.21. The molecule has 1 aliphatic carbocycles. The lowest BCUT2D eigenvalue weighted by atomic mass is 9.83. The fraction of sp³-hybridized carbons (Fsp3) is 0.667. The van der Waals surface area contributed by atoms with E-state index in [1.807, 2.05) is 13.8 Å². The van der Waals surface area contributed by atoms with Crippen molar-refractivity contribution in [1.82, 2.24) is 10.2 Å². The summed E-state index contributed by atoms with van der Waals surface area (Å²) < 4.78 is 5.76. The average Bonchev–Trinajstić information content (AvgIpc) is 2.47. The highest BCUT2D eigenvalue weighted by Crippen LogP contribution is 2.30. The van der Waals surface area contributed by atoms with Crippen LogP contribution in [0.15, 0.2) is 5.16 Å². The maximum absolute atomic E-state index is 9.02. The zero-order valence-electron chi connectivity index (χ0n) is 12.8. The van der Waals surface area contributed by atoms with Crippen molar-refractivity contribution in [3.8, 4) is 5.88 Å². The van der Waals surface area contributed by atoms with Crippen LogP contribution in [0, 0.1) is 5.92 Å². The van der Waals surface area contributed by atoms with Crippen LogP contribution in [0.2, 0.25) is 0 Å². The van der Waals surface area contributed by atoms with Gasteiger partial charge in [0.05, 0.1) is 17.9 Å². The van der Waals surface area contributed by atoms with Crippen LogP contribution in [0.3, 0.4) is 0 Å². The third-order valence-electron chi connectivity index (χ3n) is 4.17. The van der Waals surface area contributed by atoms with Crippen LogP contribution < -0.4 is 10.5 Å². The molecule has 1 saturated carbocycles. The van der Waals surface area contributed by atoms with E-state index in [9.17, 15) is 0 Å². The van der Waals surface area contributed by atoms with E-state index < -0.39 is 0 Å². The fourth-order valence-electron chi connectivity index (χ4n) is 2.67. The number of amidine groups is 1. The molecule has 1 heterocycles. The molecule has 1 aromatic heterocycles. The number of hydrogen-bond donors (Lipinski definition) is 2. The van der Waals surface area contributed by atoms with Gasteiger partial charge in [0.1, 0.15) is 0 Å². The van der Waals surface area contributed by atoms with E-state index in [2.05, 4.69) is 15.4 Å². The molecule has 21 heavy (non-hydrogen) atoms. The molecule has 2 rings (SSSR count). The smallest absolute Gasteiger partial charge is 0.244 e. The zero-order chi connectivity index (χ0) is 15.2. The Morgan fingerprint density at radius 2 is 2.10 bits per heavy atom. The van der Waals surface area contributed by atoms with Gasteiger partial charge in [-0.15, -0.1) is 5.10 Å². The molecule has 1 fully saturated rings. The molecular weight excluding hydrogens is 268 g/mol. The summed E-state index contributed by atoms with van der Waals surface area (Å²) in [6, 6.07) is 0. The zero-order valence-corrected chi connectivity index (χ0v) is 12.8. The molecule has 1 aromatic rings. The van der Waals surface area contributed by atoms with Crippen LogP contribution in [0.5, 0.6) is 5.88 Å². The number of oxime groups is 1. The van der Waals surface area contributed by atoms with Crippen molar-refractivity contribution < 1.29 is 9.94 Å². The SMILES string of the molecule is CCc1nnc(OCCC2CCC2)c(C(N)=NO)c1CC. The predicted octanol–water partition coefficient (Wildman–Crippen LogP) is 2.26. The van der Waals surface area contributed by atoms with Gasteiger partial charge in [0.2, 0.25) is 5.88 Å². The molecule has 0 spiro atoms. The van der Waals surface area contributed by atoms with Gasteiger partial charge in [-0.3, -0.25) is 0 Å². The summed E-state index contributed by atoms with van der Waals surface area (Å²) in [5.41, 5.74) is 8.21. The van der Waals surface area contributed by atoms with Crippen molar-refractivity contribution in [3.63, 3.8) is 0 Å². The topological polar surface area (TPSA) is 93.6 Å². The third-order valence-corrected chi connectivity index (χ3v) is 4.17. The van der Waals surface area contributed by atoms with Crippen LogP contribution in [0.25, 0.3) is 0 Å². The number of aromatic nitrogens is 2. The summed E-state index contributed by atoms with van der Waals surface area (Å²) in [6.45, 7) is 4.62. The van der Waals surface area contributed by atoms with Gasteiger partial charge >= 0.3 is 0 Å². The van der Waals surface area contributed by atoms with Gasteiger partial charge < -0.3 is 15.7 Å². The molecule has 0 amide bonds. The molecular formula is C15H24N4O2. The van der Waals surface area contributed by atoms with Gasteiger partial charge in [-0.25, -0.2) is 0 Å². The molecule has 0 bridgehead atoms.